The van der Waals surface area contributed by atoms with Gasteiger partial charge in [0, 0.05) is 5.56 Å². The second kappa shape index (κ2) is 5.75. The highest BCUT2D eigenvalue weighted by molar-refractivity contribution is 6.31. The van der Waals surface area contributed by atoms with Gasteiger partial charge in [-0.1, -0.05) is 68.8 Å². The molecule has 2 aromatic carbocycles. The molecule has 2 aromatic rings. The lowest BCUT2D eigenvalue weighted by Crippen LogP contribution is -2.10. The van der Waals surface area contributed by atoms with E-state index in [0.29, 0.717) is 5.56 Å². The van der Waals surface area contributed by atoms with Crippen molar-refractivity contribution in [2.75, 3.05) is 0 Å². The summed E-state index contributed by atoms with van der Waals surface area (Å²) < 4.78 is 14.0. The molecule has 20 heavy (non-hydrogen) atoms. The molecule has 0 saturated heterocycles. The second-order valence-corrected chi connectivity index (χ2v) is 6.72. The molecule has 1 atom stereocenters. The van der Waals surface area contributed by atoms with Crippen LogP contribution in [-0.2, 0) is 5.41 Å². The van der Waals surface area contributed by atoms with Crippen molar-refractivity contribution < 1.29 is 4.39 Å². The van der Waals surface area contributed by atoms with Crippen molar-refractivity contribution in [2.45, 2.75) is 31.6 Å². The van der Waals surface area contributed by atoms with Gasteiger partial charge in [0.25, 0.3) is 0 Å². The number of hydrogen-bond acceptors (Lipinski definition) is 0. The van der Waals surface area contributed by atoms with Gasteiger partial charge >= 0.3 is 0 Å². The molecule has 0 radical (unpaired) electrons. The fourth-order valence-corrected chi connectivity index (χ4v) is 2.54. The molecule has 2 rings (SSSR count). The zero-order valence-electron chi connectivity index (χ0n) is 11.8. The van der Waals surface area contributed by atoms with E-state index in [2.05, 4.69) is 20.8 Å². The molecule has 0 bridgehead atoms. The van der Waals surface area contributed by atoms with Crippen molar-refractivity contribution in [3.05, 3.63) is 70.0 Å². The predicted molar refractivity (Wildman–Crippen MR) is 84.2 cm³/mol. The molecule has 3 heteroatoms. The highest BCUT2D eigenvalue weighted by Crippen LogP contribution is 2.34. The fourth-order valence-electron chi connectivity index (χ4n) is 2.05. The Hall–Kier alpha value is -1.05. The Morgan fingerprint density at radius 3 is 2.15 bits per heavy atom. The fraction of sp³-hybridized carbons (Fsp3) is 0.294. The zero-order chi connectivity index (χ0) is 14.9. The normalized spacial score (nSPS) is 13.3. The molecule has 106 valence electrons. The van der Waals surface area contributed by atoms with Crippen LogP contribution >= 0.6 is 23.2 Å². The summed E-state index contributed by atoms with van der Waals surface area (Å²) in [4.78, 5) is 0. The summed E-state index contributed by atoms with van der Waals surface area (Å²) in [5.74, 6) is -0.450. The molecule has 0 nitrogen and oxygen atoms in total. The van der Waals surface area contributed by atoms with Crippen LogP contribution in [-0.4, -0.2) is 0 Å². The van der Waals surface area contributed by atoms with Crippen molar-refractivity contribution in [1.29, 1.82) is 0 Å². The summed E-state index contributed by atoms with van der Waals surface area (Å²) >= 11 is 12.2. The first kappa shape index (κ1) is 15.3. The lowest BCUT2D eigenvalue weighted by atomic mass is 9.86. The minimum Gasteiger partial charge on any atom is -0.205 e. The standard InChI is InChI=1S/C17H17Cl2F/c1-17(2,3)12-9-7-11(8-10-12)15(19)13-5-4-6-14(18)16(13)20/h4-10,15H,1-3H3. The summed E-state index contributed by atoms with van der Waals surface area (Å²) in [6.07, 6.45) is 0. The summed E-state index contributed by atoms with van der Waals surface area (Å²) in [6, 6.07) is 12.8. The Morgan fingerprint density at radius 1 is 1.00 bits per heavy atom. The van der Waals surface area contributed by atoms with Crippen LogP contribution in [0.2, 0.25) is 5.02 Å². The molecular weight excluding hydrogens is 294 g/mol. The minimum absolute atomic E-state index is 0.0850. The molecule has 0 aliphatic rings. The molecule has 1 unspecified atom stereocenters. The Bertz CT molecular complexity index is 597. The summed E-state index contributed by atoms with van der Waals surface area (Å²) in [6.45, 7) is 6.45. The van der Waals surface area contributed by atoms with Crippen LogP contribution in [0.15, 0.2) is 42.5 Å². The van der Waals surface area contributed by atoms with E-state index in [9.17, 15) is 4.39 Å². The Kier molecular flexibility index (Phi) is 4.41. The maximum Gasteiger partial charge on any atom is 0.146 e. The van der Waals surface area contributed by atoms with Crippen molar-refractivity contribution in [2.24, 2.45) is 0 Å². The number of rotatable bonds is 2. The van der Waals surface area contributed by atoms with Crippen LogP contribution in [0.25, 0.3) is 0 Å². The molecule has 0 saturated carbocycles. The van der Waals surface area contributed by atoms with Crippen LogP contribution in [0.1, 0.15) is 42.8 Å². The average Bonchev–Trinajstić information content (AvgIpc) is 2.40. The zero-order valence-corrected chi connectivity index (χ0v) is 13.3. The smallest absolute Gasteiger partial charge is 0.146 e. The van der Waals surface area contributed by atoms with E-state index < -0.39 is 11.2 Å². The van der Waals surface area contributed by atoms with Gasteiger partial charge in [-0.3, -0.25) is 0 Å². The second-order valence-electron chi connectivity index (χ2n) is 5.88. The maximum absolute atomic E-state index is 14.0. The lowest BCUT2D eigenvalue weighted by molar-refractivity contribution is 0.589. The van der Waals surface area contributed by atoms with Crippen LogP contribution < -0.4 is 0 Å². The monoisotopic (exact) mass is 310 g/mol. The third-order valence-corrected chi connectivity index (χ3v) is 4.10. The number of hydrogen-bond donors (Lipinski definition) is 0. The van der Waals surface area contributed by atoms with Crippen LogP contribution in [0, 0.1) is 5.82 Å². The molecule has 0 aromatic heterocycles. The molecule has 0 aliphatic carbocycles. The quantitative estimate of drug-likeness (QED) is 0.587. The van der Waals surface area contributed by atoms with Gasteiger partial charge in [-0.2, -0.15) is 0 Å². The molecular formula is C17H17Cl2F. The third-order valence-electron chi connectivity index (χ3n) is 3.32. The van der Waals surface area contributed by atoms with Gasteiger partial charge in [-0.05, 0) is 22.6 Å². The highest BCUT2D eigenvalue weighted by atomic mass is 35.5. The Labute approximate surface area is 129 Å². The average molecular weight is 311 g/mol. The Morgan fingerprint density at radius 2 is 1.60 bits per heavy atom. The molecule has 0 amide bonds. The minimum atomic E-state index is -0.539. The topological polar surface area (TPSA) is 0 Å². The summed E-state index contributed by atoms with van der Waals surface area (Å²) in [7, 11) is 0. The van der Waals surface area contributed by atoms with E-state index >= 15 is 0 Å². The maximum atomic E-state index is 14.0. The van der Waals surface area contributed by atoms with E-state index in [1.807, 2.05) is 24.3 Å². The van der Waals surface area contributed by atoms with Gasteiger partial charge in [-0.15, -0.1) is 11.6 Å². The van der Waals surface area contributed by atoms with Gasteiger partial charge in [0.2, 0.25) is 0 Å². The van der Waals surface area contributed by atoms with Crippen LogP contribution in [0.4, 0.5) is 4.39 Å². The largest absolute Gasteiger partial charge is 0.205 e. The van der Waals surface area contributed by atoms with Gasteiger partial charge in [0.1, 0.15) is 5.82 Å². The molecule has 0 N–H and O–H groups in total. The van der Waals surface area contributed by atoms with Crippen molar-refractivity contribution in [3.63, 3.8) is 0 Å². The first-order valence-electron chi connectivity index (χ1n) is 6.49. The number of alkyl halides is 1. The van der Waals surface area contributed by atoms with Crippen molar-refractivity contribution in [3.8, 4) is 0 Å². The molecule has 0 spiro atoms. The van der Waals surface area contributed by atoms with Crippen molar-refractivity contribution in [1.82, 2.24) is 0 Å². The predicted octanol–water partition coefficient (Wildman–Crippen LogP) is 6.10. The molecule has 0 fully saturated rings. The van der Waals surface area contributed by atoms with Crippen LogP contribution in [0.3, 0.4) is 0 Å². The van der Waals surface area contributed by atoms with Gasteiger partial charge in [0.05, 0.1) is 10.4 Å². The van der Waals surface area contributed by atoms with Gasteiger partial charge < -0.3 is 0 Å². The first-order valence-corrected chi connectivity index (χ1v) is 7.30. The first-order chi connectivity index (χ1) is 9.30. The van der Waals surface area contributed by atoms with E-state index in [4.69, 9.17) is 23.2 Å². The van der Waals surface area contributed by atoms with Gasteiger partial charge in [0.15, 0.2) is 0 Å². The number of benzene rings is 2. The lowest BCUT2D eigenvalue weighted by Gasteiger charge is -2.20. The summed E-state index contributed by atoms with van der Waals surface area (Å²) in [5, 5.41) is -0.442. The van der Waals surface area contributed by atoms with E-state index in [1.165, 1.54) is 11.6 Å². The molecule has 0 aliphatic heterocycles. The van der Waals surface area contributed by atoms with Gasteiger partial charge in [-0.25, -0.2) is 4.39 Å². The van der Waals surface area contributed by atoms with E-state index in [-0.39, 0.29) is 10.4 Å². The van der Waals surface area contributed by atoms with Crippen LogP contribution in [0.5, 0.6) is 0 Å². The molecule has 0 heterocycles. The third kappa shape index (κ3) is 3.16. The van der Waals surface area contributed by atoms with E-state index in [1.54, 1.807) is 12.1 Å². The SMILES string of the molecule is CC(C)(C)c1ccc(C(Cl)c2cccc(Cl)c2F)cc1. The highest BCUT2D eigenvalue weighted by Gasteiger charge is 2.18. The number of halogens is 3. The summed E-state index contributed by atoms with van der Waals surface area (Å²) in [5.41, 5.74) is 2.57. The Balaban J connectivity index is 2.34. The van der Waals surface area contributed by atoms with Crippen molar-refractivity contribution >= 4 is 23.2 Å². The van der Waals surface area contributed by atoms with E-state index in [0.717, 1.165) is 5.56 Å².